The van der Waals surface area contributed by atoms with Gasteiger partial charge in [0.15, 0.2) is 0 Å². The molecule has 1 aliphatic carbocycles. The van der Waals surface area contributed by atoms with E-state index in [9.17, 15) is 4.79 Å². The van der Waals surface area contributed by atoms with Gasteiger partial charge in [-0.15, -0.1) is 0 Å². The van der Waals surface area contributed by atoms with Crippen LogP contribution in [0, 0.1) is 0 Å². The predicted octanol–water partition coefficient (Wildman–Crippen LogP) is 1.90. The van der Waals surface area contributed by atoms with Crippen molar-refractivity contribution >= 4 is 11.6 Å². The van der Waals surface area contributed by atoms with E-state index in [1.54, 1.807) is 0 Å². The lowest BCUT2D eigenvalue weighted by Crippen LogP contribution is -2.47. The first-order valence-electron chi connectivity index (χ1n) is 8.03. The number of rotatable bonds is 4. The van der Waals surface area contributed by atoms with Gasteiger partial charge in [-0.1, -0.05) is 19.1 Å². The van der Waals surface area contributed by atoms with Gasteiger partial charge in [0.1, 0.15) is 0 Å². The molecule has 4 heteroatoms. The molecule has 0 radical (unpaired) electrons. The number of piperidine rings is 1. The third-order valence-electron chi connectivity index (χ3n) is 5.02. The minimum absolute atomic E-state index is 0.210. The molecule has 114 valence electrons. The number of nitrogens with zero attached hydrogens (tertiary/aromatic N) is 1. The molecular weight excluding hydrogens is 262 g/mol. The minimum Gasteiger partial charge on any atom is -0.399 e. The Labute approximate surface area is 126 Å². The van der Waals surface area contributed by atoms with Gasteiger partial charge in [0.05, 0.1) is 5.41 Å². The first-order valence-corrected chi connectivity index (χ1v) is 8.03. The number of nitrogens with one attached hydrogen (secondary N) is 1. The van der Waals surface area contributed by atoms with Crippen LogP contribution in [0.25, 0.3) is 0 Å². The molecular formula is C17H25N3O. The summed E-state index contributed by atoms with van der Waals surface area (Å²) < 4.78 is 0. The molecule has 21 heavy (non-hydrogen) atoms. The number of nitrogen functional groups attached to an aromatic ring is 1. The van der Waals surface area contributed by atoms with E-state index >= 15 is 0 Å². The van der Waals surface area contributed by atoms with E-state index in [1.165, 1.54) is 0 Å². The van der Waals surface area contributed by atoms with Crippen LogP contribution >= 0.6 is 0 Å². The second-order valence-corrected chi connectivity index (χ2v) is 6.39. The van der Waals surface area contributed by atoms with Gasteiger partial charge in [-0.3, -0.25) is 4.79 Å². The van der Waals surface area contributed by atoms with Gasteiger partial charge < -0.3 is 16.0 Å². The Balaban J connectivity index is 1.62. The zero-order chi connectivity index (χ0) is 14.9. The summed E-state index contributed by atoms with van der Waals surface area (Å²) in [6.07, 6.45) is 4.04. The summed E-state index contributed by atoms with van der Waals surface area (Å²) in [5.74, 6) is 0.210. The maximum absolute atomic E-state index is 12.7. The lowest BCUT2D eigenvalue weighted by atomic mass is 9.93. The number of nitrogens with two attached hydrogens (primary N) is 1. The van der Waals surface area contributed by atoms with Crippen LogP contribution in [0.1, 0.15) is 38.2 Å². The molecule has 0 atom stereocenters. The lowest BCUT2D eigenvalue weighted by molar-refractivity contribution is -0.124. The number of carbonyl (C=O) groups is 1. The molecule has 0 aromatic heterocycles. The van der Waals surface area contributed by atoms with E-state index in [4.69, 9.17) is 5.73 Å². The highest BCUT2D eigenvalue weighted by Gasteiger charge is 2.51. The Morgan fingerprint density at radius 2 is 1.90 bits per heavy atom. The summed E-state index contributed by atoms with van der Waals surface area (Å²) in [6.45, 7) is 5.49. The molecule has 1 saturated carbocycles. The van der Waals surface area contributed by atoms with Gasteiger partial charge in [-0.25, -0.2) is 0 Å². The molecule has 0 spiro atoms. The lowest BCUT2D eigenvalue weighted by Gasteiger charge is -2.32. The SMILES string of the molecule is CCN1CCC(NC(=O)C2(c3ccc(N)cc3)CC2)CC1. The number of hydrogen-bond acceptors (Lipinski definition) is 3. The van der Waals surface area contributed by atoms with E-state index in [2.05, 4.69) is 17.1 Å². The molecule has 1 saturated heterocycles. The predicted molar refractivity (Wildman–Crippen MR) is 85.0 cm³/mol. The van der Waals surface area contributed by atoms with Crippen molar-refractivity contribution in [2.45, 2.75) is 44.1 Å². The highest BCUT2D eigenvalue weighted by Crippen LogP contribution is 2.48. The first-order chi connectivity index (χ1) is 10.1. The van der Waals surface area contributed by atoms with Gasteiger partial charge in [0.25, 0.3) is 0 Å². The third-order valence-corrected chi connectivity index (χ3v) is 5.02. The Morgan fingerprint density at radius 3 is 2.43 bits per heavy atom. The van der Waals surface area contributed by atoms with Crippen molar-refractivity contribution < 1.29 is 4.79 Å². The molecule has 1 aromatic carbocycles. The van der Waals surface area contributed by atoms with Crippen LogP contribution in [0.15, 0.2) is 24.3 Å². The van der Waals surface area contributed by atoms with E-state index in [1.807, 2.05) is 24.3 Å². The van der Waals surface area contributed by atoms with Gasteiger partial charge in [-0.2, -0.15) is 0 Å². The average Bonchev–Trinajstić information content (AvgIpc) is 3.30. The fraction of sp³-hybridized carbons (Fsp3) is 0.588. The monoisotopic (exact) mass is 287 g/mol. The van der Waals surface area contributed by atoms with Crippen molar-refractivity contribution in [1.29, 1.82) is 0 Å². The van der Waals surface area contributed by atoms with Crippen LogP contribution in [-0.4, -0.2) is 36.5 Å². The first kappa shape index (κ1) is 14.4. The average molecular weight is 287 g/mol. The molecule has 2 fully saturated rings. The van der Waals surface area contributed by atoms with Crippen molar-refractivity contribution in [3.63, 3.8) is 0 Å². The fourth-order valence-corrected chi connectivity index (χ4v) is 3.29. The molecule has 3 rings (SSSR count). The Kier molecular flexibility index (Phi) is 3.89. The maximum atomic E-state index is 12.7. The smallest absolute Gasteiger partial charge is 0.230 e. The number of carbonyl (C=O) groups excluding carboxylic acids is 1. The largest absolute Gasteiger partial charge is 0.399 e. The zero-order valence-corrected chi connectivity index (χ0v) is 12.8. The zero-order valence-electron chi connectivity index (χ0n) is 12.8. The van der Waals surface area contributed by atoms with Gasteiger partial charge in [-0.05, 0) is 49.9 Å². The summed E-state index contributed by atoms with van der Waals surface area (Å²) >= 11 is 0. The highest BCUT2D eigenvalue weighted by molar-refractivity contribution is 5.91. The summed E-state index contributed by atoms with van der Waals surface area (Å²) in [6, 6.07) is 8.13. The standard InChI is InChI=1S/C17H25N3O/c1-2-20-11-7-15(8-12-20)19-16(21)17(9-10-17)13-3-5-14(18)6-4-13/h3-6,15H,2,7-12,18H2,1H3,(H,19,21). The summed E-state index contributed by atoms with van der Waals surface area (Å²) in [7, 11) is 0. The van der Waals surface area contributed by atoms with Crippen molar-refractivity contribution in [1.82, 2.24) is 10.2 Å². The Morgan fingerprint density at radius 1 is 1.29 bits per heavy atom. The molecule has 1 aliphatic heterocycles. The number of benzene rings is 1. The van der Waals surface area contributed by atoms with Crippen LogP contribution in [0.4, 0.5) is 5.69 Å². The van der Waals surface area contributed by atoms with Gasteiger partial charge in [0, 0.05) is 24.8 Å². The topological polar surface area (TPSA) is 58.4 Å². The maximum Gasteiger partial charge on any atom is 0.230 e. The number of amides is 1. The van der Waals surface area contributed by atoms with Crippen LogP contribution in [0.5, 0.6) is 0 Å². The molecule has 3 N–H and O–H groups in total. The van der Waals surface area contributed by atoms with Gasteiger partial charge >= 0.3 is 0 Å². The normalized spacial score (nSPS) is 22.0. The van der Waals surface area contributed by atoms with E-state index in [-0.39, 0.29) is 11.3 Å². The van der Waals surface area contributed by atoms with Crippen LogP contribution in [-0.2, 0) is 10.2 Å². The summed E-state index contributed by atoms with van der Waals surface area (Å²) in [5.41, 5.74) is 7.32. The highest BCUT2D eigenvalue weighted by atomic mass is 16.2. The van der Waals surface area contributed by atoms with Crippen LogP contribution in [0.2, 0.25) is 0 Å². The molecule has 0 bridgehead atoms. The van der Waals surface area contributed by atoms with Crippen molar-refractivity contribution in [2.24, 2.45) is 0 Å². The molecule has 0 unspecified atom stereocenters. The van der Waals surface area contributed by atoms with Crippen molar-refractivity contribution in [2.75, 3.05) is 25.4 Å². The molecule has 1 amide bonds. The van der Waals surface area contributed by atoms with E-state index in [0.717, 1.165) is 56.6 Å². The number of likely N-dealkylation sites (tertiary alicyclic amines) is 1. The number of anilines is 1. The quantitative estimate of drug-likeness (QED) is 0.832. The second kappa shape index (κ2) is 5.68. The van der Waals surface area contributed by atoms with Crippen molar-refractivity contribution in [3.05, 3.63) is 29.8 Å². The second-order valence-electron chi connectivity index (χ2n) is 6.39. The molecule has 1 aromatic rings. The Bertz CT molecular complexity index is 499. The van der Waals surface area contributed by atoms with Crippen molar-refractivity contribution in [3.8, 4) is 0 Å². The minimum atomic E-state index is -0.282. The van der Waals surface area contributed by atoms with E-state index < -0.39 is 0 Å². The molecule has 4 nitrogen and oxygen atoms in total. The fourth-order valence-electron chi connectivity index (χ4n) is 3.29. The van der Waals surface area contributed by atoms with Gasteiger partial charge in [0.2, 0.25) is 5.91 Å². The number of hydrogen-bond donors (Lipinski definition) is 2. The molecule has 2 aliphatic rings. The third kappa shape index (κ3) is 2.91. The van der Waals surface area contributed by atoms with Crippen LogP contribution in [0.3, 0.4) is 0 Å². The van der Waals surface area contributed by atoms with Crippen LogP contribution < -0.4 is 11.1 Å². The van der Waals surface area contributed by atoms with E-state index in [0.29, 0.717) is 6.04 Å². The Hall–Kier alpha value is -1.55. The summed E-state index contributed by atoms with van der Waals surface area (Å²) in [5, 5.41) is 3.28. The summed E-state index contributed by atoms with van der Waals surface area (Å²) in [4.78, 5) is 15.1. The molecule has 1 heterocycles.